The molecule has 20 heavy (non-hydrogen) atoms. The first-order valence-electron chi connectivity index (χ1n) is 6.54. The normalized spacial score (nSPS) is 14.1. The van der Waals surface area contributed by atoms with E-state index in [0.717, 1.165) is 27.7 Å². The van der Waals surface area contributed by atoms with Crippen molar-refractivity contribution in [2.24, 2.45) is 0 Å². The van der Waals surface area contributed by atoms with Gasteiger partial charge in [0.05, 0.1) is 18.3 Å². The van der Waals surface area contributed by atoms with Crippen molar-refractivity contribution in [3.8, 4) is 0 Å². The average molecular weight is 272 g/mol. The number of nitrogens with zero attached hydrogens (tertiary/aromatic N) is 1. The quantitative estimate of drug-likeness (QED) is 0.811. The fourth-order valence-corrected chi connectivity index (χ4v) is 2.90. The summed E-state index contributed by atoms with van der Waals surface area (Å²) in [6.45, 7) is 4.37. The standard InChI is InChI=1S/C15H16N2O3/c1-8-6-10-9(2)13(15(19)20-3)17-5-4-12(18)16-11(7-8)14(10)17/h6-7H,4-5H2,1-3H3,(H,16,18). The molecular weight excluding hydrogens is 256 g/mol. The van der Waals surface area contributed by atoms with Gasteiger partial charge in [0.2, 0.25) is 5.91 Å². The second kappa shape index (κ2) is 4.37. The van der Waals surface area contributed by atoms with Gasteiger partial charge in [-0.25, -0.2) is 4.79 Å². The number of ether oxygens (including phenoxy) is 1. The molecule has 1 aromatic carbocycles. The number of aromatic nitrogens is 1. The Bertz CT molecular complexity index is 743. The highest BCUT2D eigenvalue weighted by Gasteiger charge is 2.25. The second-order valence-corrected chi connectivity index (χ2v) is 5.12. The highest BCUT2D eigenvalue weighted by molar-refractivity contribution is 6.07. The molecule has 1 aliphatic heterocycles. The molecule has 0 radical (unpaired) electrons. The van der Waals surface area contributed by atoms with Crippen molar-refractivity contribution in [3.05, 3.63) is 29.0 Å². The molecular formula is C15H16N2O3. The van der Waals surface area contributed by atoms with Crippen molar-refractivity contribution in [2.45, 2.75) is 26.8 Å². The van der Waals surface area contributed by atoms with Crippen LogP contribution in [-0.2, 0) is 16.1 Å². The molecule has 2 aromatic rings. The topological polar surface area (TPSA) is 60.3 Å². The Kier molecular flexibility index (Phi) is 2.78. The van der Waals surface area contributed by atoms with Crippen LogP contribution in [0.5, 0.6) is 0 Å². The van der Waals surface area contributed by atoms with Crippen LogP contribution in [0, 0.1) is 13.8 Å². The summed E-state index contributed by atoms with van der Waals surface area (Å²) in [7, 11) is 1.37. The van der Waals surface area contributed by atoms with E-state index < -0.39 is 0 Å². The predicted octanol–water partition coefficient (Wildman–Crippen LogP) is 2.39. The van der Waals surface area contributed by atoms with Gasteiger partial charge in [-0.1, -0.05) is 0 Å². The number of rotatable bonds is 1. The molecule has 1 amide bonds. The monoisotopic (exact) mass is 272 g/mol. The maximum atomic E-state index is 12.0. The highest BCUT2D eigenvalue weighted by Crippen LogP contribution is 2.34. The Morgan fingerprint density at radius 1 is 1.35 bits per heavy atom. The molecule has 0 fully saturated rings. The maximum absolute atomic E-state index is 12.0. The lowest BCUT2D eigenvalue weighted by Crippen LogP contribution is -2.14. The van der Waals surface area contributed by atoms with Crippen molar-refractivity contribution < 1.29 is 14.3 Å². The smallest absolute Gasteiger partial charge is 0.354 e. The van der Waals surface area contributed by atoms with E-state index in [0.29, 0.717) is 18.7 Å². The number of nitrogens with one attached hydrogen (secondary N) is 1. The second-order valence-electron chi connectivity index (χ2n) is 5.12. The van der Waals surface area contributed by atoms with Crippen molar-refractivity contribution in [3.63, 3.8) is 0 Å². The summed E-state index contributed by atoms with van der Waals surface area (Å²) < 4.78 is 6.78. The van der Waals surface area contributed by atoms with E-state index in [9.17, 15) is 9.59 Å². The number of aryl methyl sites for hydroxylation is 3. The Morgan fingerprint density at radius 3 is 2.80 bits per heavy atom. The lowest BCUT2D eigenvalue weighted by molar-refractivity contribution is -0.116. The molecule has 0 saturated carbocycles. The van der Waals surface area contributed by atoms with E-state index in [1.165, 1.54) is 7.11 Å². The van der Waals surface area contributed by atoms with Gasteiger partial charge in [-0.3, -0.25) is 4.79 Å². The van der Waals surface area contributed by atoms with E-state index in [1.807, 2.05) is 30.5 Å². The minimum Gasteiger partial charge on any atom is -0.464 e. The number of benzene rings is 1. The molecule has 5 nitrogen and oxygen atoms in total. The summed E-state index contributed by atoms with van der Waals surface area (Å²) in [5.41, 5.74) is 4.14. The van der Waals surface area contributed by atoms with Crippen LogP contribution >= 0.6 is 0 Å². The number of anilines is 1. The zero-order chi connectivity index (χ0) is 14.4. The maximum Gasteiger partial charge on any atom is 0.354 e. The fraction of sp³-hybridized carbons (Fsp3) is 0.333. The lowest BCUT2D eigenvalue weighted by Gasteiger charge is -2.07. The molecule has 0 unspecified atom stereocenters. The summed E-state index contributed by atoms with van der Waals surface area (Å²) in [4.78, 5) is 23.8. The zero-order valence-corrected chi connectivity index (χ0v) is 11.7. The average Bonchev–Trinajstić information content (AvgIpc) is 2.57. The van der Waals surface area contributed by atoms with E-state index in [2.05, 4.69) is 5.32 Å². The Hall–Kier alpha value is -2.30. The van der Waals surface area contributed by atoms with Gasteiger partial charge in [0.15, 0.2) is 0 Å². The minimum absolute atomic E-state index is 0.0333. The molecule has 0 atom stereocenters. The number of methoxy groups -OCH3 is 1. The Balaban J connectivity index is 2.42. The van der Waals surface area contributed by atoms with Crippen LogP contribution < -0.4 is 5.32 Å². The first-order chi connectivity index (χ1) is 9.52. The van der Waals surface area contributed by atoms with Gasteiger partial charge in [-0.2, -0.15) is 0 Å². The number of amides is 1. The van der Waals surface area contributed by atoms with Crippen LogP contribution in [0.4, 0.5) is 5.69 Å². The summed E-state index contributed by atoms with van der Waals surface area (Å²) >= 11 is 0. The van der Waals surface area contributed by atoms with Gasteiger partial charge in [-0.15, -0.1) is 0 Å². The molecule has 1 aromatic heterocycles. The molecule has 5 heteroatoms. The fourth-order valence-electron chi connectivity index (χ4n) is 2.90. The van der Waals surface area contributed by atoms with E-state index in [-0.39, 0.29) is 11.9 Å². The molecule has 104 valence electrons. The van der Waals surface area contributed by atoms with Crippen molar-refractivity contribution in [1.29, 1.82) is 0 Å². The molecule has 1 N–H and O–H groups in total. The number of hydrogen-bond donors (Lipinski definition) is 1. The highest BCUT2D eigenvalue weighted by atomic mass is 16.5. The third-order valence-electron chi connectivity index (χ3n) is 3.77. The van der Waals surface area contributed by atoms with Crippen LogP contribution in [0.2, 0.25) is 0 Å². The zero-order valence-electron chi connectivity index (χ0n) is 11.7. The Morgan fingerprint density at radius 2 is 2.10 bits per heavy atom. The summed E-state index contributed by atoms with van der Waals surface area (Å²) in [5.74, 6) is -0.397. The number of esters is 1. The summed E-state index contributed by atoms with van der Waals surface area (Å²) in [6, 6.07) is 3.97. The molecule has 0 spiro atoms. The van der Waals surface area contributed by atoms with Crippen LogP contribution in [0.15, 0.2) is 12.1 Å². The Labute approximate surface area is 116 Å². The number of carbonyl (C=O) groups excluding carboxylic acids is 2. The molecule has 0 aliphatic carbocycles. The van der Waals surface area contributed by atoms with Crippen molar-refractivity contribution in [2.75, 3.05) is 12.4 Å². The first-order valence-corrected chi connectivity index (χ1v) is 6.54. The van der Waals surface area contributed by atoms with Crippen LogP contribution in [0.25, 0.3) is 10.9 Å². The SMILES string of the molecule is COC(=O)c1c(C)c2cc(C)cc3c2n1CCC(=O)N3. The summed E-state index contributed by atoms with van der Waals surface area (Å²) in [5, 5.41) is 3.90. The van der Waals surface area contributed by atoms with Gasteiger partial charge >= 0.3 is 5.97 Å². The minimum atomic E-state index is -0.364. The van der Waals surface area contributed by atoms with E-state index in [4.69, 9.17) is 4.74 Å². The summed E-state index contributed by atoms with van der Waals surface area (Å²) in [6.07, 6.45) is 0.348. The predicted molar refractivity (Wildman–Crippen MR) is 76.0 cm³/mol. The molecule has 2 heterocycles. The van der Waals surface area contributed by atoms with Gasteiger partial charge in [0.25, 0.3) is 0 Å². The molecule has 1 aliphatic rings. The van der Waals surface area contributed by atoms with Crippen molar-refractivity contribution in [1.82, 2.24) is 4.57 Å². The lowest BCUT2D eigenvalue weighted by atomic mass is 10.1. The van der Waals surface area contributed by atoms with Crippen LogP contribution in [0.3, 0.4) is 0 Å². The van der Waals surface area contributed by atoms with E-state index in [1.54, 1.807) is 0 Å². The van der Waals surface area contributed by atoms with Gasteiger partial charge in [0.1, 0.15) is 5.69 Å². The van der Waals surface area contributed by atoms with Gasteiger partial charge in [0, 0.05) is 18.4 Å². The third-order valence-corrected chi connectivity index (χ3v) is 3.77. The van der Waals surface area contributed by atoms with Gasteiger partial charge < -0.3 is 14.6 Å². The molecule has 0 saturated heterocycles. The number of carbonyl (C=O) groups is 2. The third kappa shape index (κ3) is 1.70. The van der Waals surface area contributed by atoms with Gasteiger partial charge in [-0.05, 0) is 37.1 Å². The molecule has 0 bridgehead atoms. The first kappa shape index (κ1) is 12.7. The van der Waals surface area contributed by atoms with Crippen LogP contribution in [0.1, 0.15) is 28.0 Å². The largest absolute Gasteiger partial charge is 0.464 e. The molecule has 3 rings (SSSR count). The van der Waals surface area contributed by atoms with E-state index >= 15 is 0 Å². The van der Waals surface area contributed by atoms with Crippen molar-refractivity contribution >= 4 is 28.5 Å². The number of hydrogen-bond acceptors (Lipinski definition) is 3. The van der Waals surface area contributed by atoms with Crippen LogP contribution in [-0.4, -0.2) is 23.6 Å².